The zero-order chi connectivity index (χ0) is 20.8. The number of nitrogens with one attached hydrogen (secondary N) is 2. The Morgan fingerprint density at radius 3 is 2.43 bits per heavy atom. The van der Waals surface area contributed by atoms with Gasteiger partial charge in [0, 0.05) is 17.1 Å². The molecule has 4 rings (SSSR count). The van der Waals surface area contributed by atoms with E-state index in [0.717, 1.165) is 12.2 Å². The highest BCUT2D eigenvalue weighted by Crippen LogP contribution is 2.26. The van der Waals surface area contributed by atoms with Gasteiger partial charge in [-0.15, -0.1) is 11.3 Å². The molecule has 2 aromatic carbocycles. The predicted molar refractivity (Wildman–Crippen MR) is 125 cm³/mol. The van der Waals surface area contributed by atoms with Crippen LogP contribution in [-0.2, 0) is 11.3 Å². The molecule has 1 saturated heterocycles. The summed E-state index contributed by atoms with van der Waals surface area (Å²) in [7, 11) is 0. The molecule has 1 amide bonds. The minimum Gasteiger partial charge on any atom is -0.325 e. The Morgan fingerprint density at radius 2 is 1.77 bits per heavy atom. The molecule has 1 aromatic heterocycles. The summed E-state index contributed by atoms with van der Waals surface area (Å²) in [4.78, 5) is 16.2. The van der Waals surface area contributed by atoms with E-state index in [-0.39, 0.29) is 18.5 Å². The van der Waals surface area contributed by atoms with E-state index < -0.39 is 0 Å². The minimum absolute atomic E-state index is 0.0131. The second-order valence-electron chi connectivity index (χ2n) is 7.97. The number of likely N-dealkylation sites (tertiary alicyclic amines) is 1. The van der Waals surface area contributed by atoms with Crippen molar-refractivity contribution in [2.45, 2.75) is 32.4 Å². The van der Waals surface area contributed by atoms with Gasteiger partial charge >= 0.3 is 0 Å². The Bertz CT molecular complexity index is 930. The molecule has 1 fully saturated rings. The van der Waals surface area contributed by atoms with Crippen LogP contribution in [0.5, 0.6) is 0 Å². The smallest absolute Gasteiger partial charge is 0.238 e. The largest absolute Gasteiger partial charge is 0.325 e. The molecule has 0 radical (unpaired) electrons. The van der Waals surface area contributed by atoms with Crippen LogP contribution in [0.15, 0.2) is 66.0 Å². The summed E-state index contributed by atoms with van der Waals surface area (Å²) >= 11 is 1.70. The van der Waals surface area contributed by atoms with Crippen LogP contribution in [0.3, 0.4) is 0 Å². The topological polar surface area (TPSA) is 44.4 Å². The maximum atomic E-state index is 12.6. The van der Waals surface area contributed by atoms with Crippen molar-refractivity contribution in [3.63, 3.8) is 0 Å². The highest BCUT2D eigenvalue weighted by molar-refractivity contribution is 7.10. The number of aryl methyl sites for hydroxylation is 1. The van der Waals surface area contributed by atoms with Gasteiger partial charge in [-0.1, -0.05) is 48.0 Å². The molecule has 0 saturated carbocycles. The van der Waals surface area contributed by atoms with Crippen molar-refractivity contribution in [1.29, 1.82) is 0 Å². The first kappa shape index (κ1) is 20.8. The number of benzene rings is 2. The zero-order valence-corrected chi connectivity index (χ0v) is 18.3. The van der Waals surface area contributed by atoms with Crippen LogP contribution in [0.4, 0.5) is 5.69 Å². The summed E-state index contributed by atoms with van der Waals surface area (Å²) in [5, 5.41) is 8.51. The van der Waals surface area contributed by atoms with Crippen molar-refractivity contribution in [3.8, 4) is 0 Å². The molecule has 1 aliphatic heterocycles. The Hall–Kier alpha value is -2.47. The van der Waals surface area contributed by atoms with Crippen molar-refractivity contribution < 1.29 is 4.79 Å². The third-order valence-corrected chi connectivity index (χ3v) is 6.48. The SMILES string of the molecule is Cc1ccc([C@H](NCC(=O)Nc2ccc(CN3CCCC3)cc2)c2cccs2)cc1. The molecule has 0 spiro atoms. The molecule has 2 N–H and O–H groups in total. The van der Waals surface area contributed by atoms with E-state index >= 15 is 0 Å². The molecular formula is C25H29N3OS. The Kier molecular flexibility index (Phi) is 6.95. The average Bonchev–Trinajstić information content (AvgIpc) is 3.45. The van der Waals surface area contributed by atoms with Crippen molar-refractivity contribution >= 4 is 22.9 Å². The summed E-state index contributed by atoms with van der Waals surface area (Å²) in [6.07, 6.45) is 2.60. The third-order valence-electron chi connectivity index (χ3n) is 5.55. The fourth-order valence-electron chi connectivity index (χ4n) is 3.89. The van der Waals surface area contributed by atoms with Crippen LogP contribution < -0.4 is 10.6 Å². The van der Waals surface area contributed by atoms with Gasteiger partial charge in [-0.3, -0.25) is 15.0 Å². The summed E-state index contributed by atoms with van der Waals surface area (Å²) < 4.78 is 0. The quantitative estimate of drug-likeness (QED) is 0.542. The molecule has 3 aromatic rings. The third kappa shape index (κ3) is 5.57. The molecule has 1 atom stereocenters. The number of nitrogens with zero attached hydrogens (tertiary/aromatic N) is 1. The van der Waals surface area contributed by atoms with Gasteiger partial charge in [0.05, 0.1) is 12.6 Å². The average molecular weight is 420 g/mol. The lowest BCUT2D eigenvalue weighted by Gasteiger charge is -2.18. The van der Waals surface area contributed by atoms with Gasteiger partial charge in [-0.05, 0) is 67.6 Å². The summed E-state index contributed by atoms with van der Waals surface area (Å²) in [6.45, 7) is 5.72. The summed E-state index contributed by atoms with van der Waals surface area (Å²) in [6, 6.07) is 20.9. The Labute approximate surface area is 182 Å². The predicted octanol–water partition coefficient (Wildman–Crippen LogP) is 4.97. The number of hydrogen-bond acceptors (Lipinski definition) is 4. The standard InChI is InChI=1S/C25H29N3OS/c1-19-6-10-21(11-7-19)25(23-5-4-16-30-23)26-17-24(29)27-22-12-8-20(9-13-22)18-28-14-2-3-15-28/h4-13,16,25-26H,2-3,14-15,17-18H2,1H3,(H,27,29)/t25-/m0/s1. The highest BCUT2D eigenvalue weighted by atomic mass is 32.1. The fraction of sp³-hybridized carbons (Fsp3) is 0.320. The monoisotopic (exact) mass is 419 g/mol. The Balaban J connectivity index is 1.33. The molecule has 4 nitrogen and oxygen atoms in total. The van der Waals surface area contributed by atoms with Gasteiger partial charge in [0.1, 0.15) is 0 Å². The van der Waals surface area contributed by atoms with E-state index in [1.807, 2.05) is 18.2 Å². The number of amides is 1. The van der Waals surface area contributed by atoms with Crippen molar-refractivity contribution in [2.75, 3.05) is 25.0 Å². The molecule has 156 valence electrons. The van der Waals surface area contributed by atoms with Crippen LogP contribution >= 0.6 is 11.3 Å². The second-order valence-corrected chi connectivity index (χ2v) is 8.95. The van der Waals surface area contributed by atoms with Crippen LogP contribution in [0.1, 0.15) is 40.5 Å². The van der Waals surface area contributed by atoms with Gasteiger partial charge in [-0.2, -0.15) is 0 Å². The molecule has 5 heteroatoms. The van der Waals surface area contributed by atoms with Crippen LogP contribution in [0.25, 0.3) is 0 Å². The van der Waals surface area contributed by atoms with Crippen LogP contribution in [0, 0.1) is 6.92 Å². The molecule has 0 aliphatic carbocycles. The van der Waals surface area contributed by atoms with E-state index in [1.54, 1.807) is 11.3 Å². The zero-order valence-electron chi connectivity index (χ0n) is 17.4. The lowest BCUT2D eigenvalue weighted by molar-refractivity contribution is -0.115. The van der Waals surface area contributed by atoms with Gasteiger partial charge in [0.15, 0.2) is 0 Å². The van der Waals surface area contributed by atoms with Crippen molar-refractivity contribution in [1.82, 2.24) is 10.2 Å². The van der Waals surface area contributed by atoms with Crippen molar-refractivity contribution in [2.24, 2.45) is 0 Å². The number of hydrogen-bond donors (Lipinski definition) is 2. The maximum Gasteiger partial charge on any atom is 0.238 e. The van der Waals surface area contributed by atoms with Gasteiger partial charge in [-0.25, -0.2) is 0 Å². The highest BCUT2D eigenvalue weighted by Gasteiger charge is 2.16. The van der Waals surface area contributed by atoms with E-state index in [2.05, 4.69) is 70.3 Å². The van der Waals surface area contributed by atoms with E-state index in [0.29, 0.717) is 0 Å². The number of thiophene rings is 1. The first-order valence-electron chi connectivity index (χ1n) is 10.6. The summed E-state index contributed by atoms with van der Waals surface area (Å²) in [5.74, 6) is -0.0315. The van der Waals surface area contributed by atoms with Crippen LogP contribution in [0.2, 0.25) is 0 Å². The minimum atomic E-state index is -0.0315. The molecule has 0 bridgehead atoms. The summed E-state index contributed by atoms with van der Waals surface area (Å²) in [5.41, 5.74) is 4.54. The first-order valence-corrected chi connectivity index (χ1v) is 11.5. The maximum absolute atomic E-state index is 12.6. The fourth-order valence-corrected chi connectivity index (χ4v) is 4.72. The van der Waals surface area contributed by atoms with E-state index in [1.165, 1.54) is 47.5 Å². The number of rotatable bonds is 8. The van der Waals surface area contributed by atoms with Crippen LogP contribution in [-0.4, -0.2) is 30.4 Å². The Morgan fingerprint density at radius 1 is 1.03 bits per heavy atom. The normalized spacial score (nSPS) is 15.2. The van der Waals surface area contributed by atoms with E-state index in [4.69, 9.17) is 0 Å². The number of carbonyl (C=O) groups is 1. The molecule has 1 aliphatic rings. The van der Waals surface area contributed by atoms with Gasteiger partial charge < -0.3 is 5.32 Å². The second kappa shape index (κ2) is 10.0. The van der Waals surface area contributed by atoms with E-state index in [9.17, 15) is 4.79 Å². The van der Waals surface area contributed by atoms with Gasteiger partial charge in [0.2, 0.25) is 5.91 Å². The molecular weight excluding hydrogens is 390 g/mol. The van der Waals surface area contributed by atoms with Crippen molar-refractivity contribution in [3.05, 3.63) is 87.6 Å². The lowest BCUT2D eigenvalue weighted by atomic mass is 10.0. The van der Waals surface area contributed by atoms with Gasteiger partial charge in [0.25, 0.3) is 0 Å². The molecule has 0 unspecified atom stereocenters. The molecule has 30 heavy (non-hydrogen) atoms. The molecule has 2 heterocycles. The number of anilines is 1. The first-order chi connectivity index (χ1) is 14.7. The lowest BCUT2D eigenvalue weighted by Crippen LogP contribution is -2.31. The number of carbonyl (C=O) groups excluding carboxylic acids is 1.